The van der Waals surface area contributed by atoms with E-state index in [1.807, 2.05) is 12.1 Å². The van der Waals surface area contributed by atoms with Gasteiger partial charge in [-0.3, -0.25) is 0 Å². The van der Waals surface area contributed by atoms with Gasteiger partial charge in [0.15, 0.2) is 0 Å². The number of alkyl halides is 3. The zero-order chi connectivity index (χ0) is 14.0. The number of hydrogen-bond acceptors (Lipinski definition) is 3. The molecule has 2 nitrogen and oxygen atoms in total. The van der Waals surface area contributed by atoms with Crippen LogP contribution in [0.1, 0.15) is 5.56 Å². The van der Waals surface area contributed by atoms with E-state index in [9.17, 15) is 13.2 Å². The lowest BCUT2D eigenvalue weighted by Gasteiger charge is -2.08. The maximum absolute atomic E-state index is 12.4. The molecule has 2 aromatic rings. The minimum atomic E-state index is -4.36. The Hall–Kier alpha value is -0.960. The fraction of sp³-hybridized carbons (Fsp3) is 0.0833. The highest BCUT2D eigenvalue weighted by Crippen LogP contribution is 2.34. The number of anilines is 1. The zero-order valence-corrected chi connectivity index (χ0v) is 12.4. The summed E-state index contributed by atoms with van der Waals surface area (Å²) in [5.74, 6) is 0. The summed E-state index contributed by atoms with van der Waals surface area (Å²) in [4.78, 5) is 4.56. The topological polar surface area (TPSA) is 38.9 Å². The van der Waals surface area contributed by atoms with Crippen LogP contribution in [0.4, 0.5) is 18.9 Å². The van der Waals surface area contributed by atoms with E-state index in [0.717, 1.165) is 20.7 Å². The molecule has 100 valence electrons. The van der Waals surface area contributed by atoms with E-state index in [1.165, 1.54) is 17.8 Å². The molecule has 2 N–H and O–H groups in total. The maximum atomic E-state index is 12.4. The maximum Gasteiger partial charge on any atom is 0.417 e. The van der Waals surface area contributed by atoms with Gasteiger partial charge in [0, 0.05) is 20.3 Å². The van der Waals surface area contributed by atoms with Crippen LogP contribution in [0.2, 0.25) is 0 Å². The van der Waals surface area contributed by atoms with Crippen LogP contribution in [-0.4, -0.2) is 4.98 Å². The lowest BCUT2D eigenvalue weighted by atomic mass is 10.3. The van der Waals surface area contributed by atoms with Gasteiger partial charge in [0.05, 0.1) is 5.56 Å². The van der Waals surface area contributed by atoms with Gasteiger partial charge in [-0.25, -0.2) is 4.98 Å². The van der Waals surface area contributed by atoms with Crippen molar-refractivity contribution in [2.75, 3.05) is 5.73 Å². The van der Waals surface area contributed by atoms with Crippen LogP contribution < -0.4 is 5.73 Å². The SMILES string of the molecule is Nc1cc(I)ccc1Sc1ccc(C(F)(F)F)cn1. The Kier molecular flexibility index (Phi) is 4.24. The average molecular weight is 396 g/mol. The summed E-state index contributed by atoms with van der Waals surface area (Å²) in [7, 11) is 0. The Morgan fingerprint density at radius 2 is 1.89 bits per heavy atom. The van der Waals surface area contributed by atoms with Crippen molar-refractivity contribution in [2.45, 2.75) is 16.1 Å². The van der Waals surface area contributed by atoms with Gasteiger partial charge in [0.2, 0.25) is 0 Å². The number of nitrogens with two attached hydrogens (primary N) is 1. The Labute approximate surface area is 125 Å². The molecule has 1 aromatic carbocycles. The first-order valence-electron chi connectivity index (χ1n) is 5.12. The molecule has 0 amide bonds. The van der Waals surface area contributed by atoms with Gasteiger partial charge in [-0.05, 0) is 52.9 Å². The van der Waals surface area contributed by atoms with Gasteiger partial charge in [-0.1, -0.05) is 11.8 Å². The van der Waals surface area contributed by atoms with Crippen LogP contribution in [0.5, 0.6) is 0 Å². The third kappa shape index (κ3) is 3.75. The van der Waals surface area contributed by atoms with Crippen LogP contribution >= 0.6 is 34.4 Å². The minimum Gasteiger partial charge on any atom is -0.398 e. The van der Waals surface area contributed by atoms with E-state index >= 15 is 0 Å². The van der Waals surface area contributed by atoms with Crippen molar-refractivity contribution in [3.63, 3.8) is 0 Å². The number of benzene rings is 1. The smallest absolute Gasteiger partial charge is 0.398 e. The van der Waals surface area contributed by atoms with E-state index in [4.69, 9.17) is 5.73 Å². The highest BCUT2D eigenvalue weighted by Gasteiger charge is 2.30. The molecule has 0 unspecified atom stereocenters. The van der Waals surface area contributed by atoms with Crippen LogP contribution in [0.3, 0.4) is 0 Å². The molecule has 0 atom stereocenters. The fourth-order valence-corrected chi connectivity index (χ4v) is 2.63. The number of halogens is 4. The molecule has 0 aliphatic carbocycles. The van der Waals surface area contributed by atoms with E-state index in [0.29, 0.717) is 10.7 Å². The van der Waals surface area contributed by atoms with Gasteiger partial charge >= 0.3 is 6.18 Å². The predicted molar refractivity (Wildman–Crippen MR) is 76.9 cm³/mol. The van der Waals surface area contributed by atoms with Crippen LogP contribution in [0, 0.1) is 3.57 Å². The molecular formula is C12H8F3IN2S. The summed E-state index contributed by atoms with van der Waals surface area (Å²) >= 11 is 3.37. The average Bonchev–Trinajstić information content (AvgIpc) is 2.32. The molecule has 1 aromatic heterocycles. The Bertz CT molecular complexity index is 585. The molecule has 19 heavy (non-hydrogen) atoms. The first-order valence-corrected chi connectivity index (χ1v) is 7.02. The molecule has 0 aliphatic rings. The van der Waals surface area contributed by atoms with Crippen molar-refractivity contribution >= 4 is 40.0 Å². The van der Waals surface area contributed by atoms with Gasteiger partial charge in [0.25, 0.3) is 0 Å². The van der Waals surface area contributed by atoms with E-state index in [2.05, 4.69) is 27.6 Å². The number of aromatic nitrogens is 1. The predicted octanol–water partition coefficient (Wildman–Crippen LogP) is 4.44. The lowest BCUT2D eigenvalue weighted by Crippen LogP contribution is -2.05. The Balaban J connectivity index is 2.20. The molecule has 7 heteroatoms. The summed E-state index contributed by atoms with van der Waals surface area (Å²) in [6.45, 7) is 0. The third-order valence-corrected chi connectivity index (χ3v) is 3.96. The van der Waals surface area contributed by atoms with Crippen molar-refractivity contribution in [3.8, 4) is 0 Å². The van der Waals surface area contributed by atoms with Crippen molar-refractivity contribution < 1.29 is 13.2 Å². The zero-order valence-electron chi connectivity index (χ0n) is 9.41. The molecule has 0 spiro atoms. The molecule has 0 aliphatic heterocycles. The molecule has 0 bridgehead atoms. The molecular weight excluding hydrogens is 388 g/mol. The number of hydrogen-bond donors (Lipinski definition) is 1. The second-order valence-electron chi connectivity index (χ2n) is 3.67. The summed E-state index contributed by atoms with van der Waals surface area (Å²) in [6.07, 6.45) is -3.54. The van der Waals surface area contributed by atoms with E-state index in [1.54, 1.807) is 6.07 Å². The van der Waals surface area contributed by atoms with Gasteiger partial charge in [0.1, 0.15) is 5.03 Å². The Morgan fingerprint density at radius 1 is 1.16 bits per heavy atom. The van der Waals surface area contributed by atoms with Crippen LogP contribution in [0.25, 0.3) is 0 Å². The van der Waals surface area contributed by atoms with Crippen LogP contribution in [-0.2, 0) is 6.18 Å². The number of nitrogens with zero attached hydrogens (tertiary/aromatic N) is 1. The van der Waals surface area contributed by atoms with Crippen molar-refractivity contribution in [2.24, 2.45) is 0 Å². The van der Waals surface area contributed by atoms with Gasteiger partial charge in [-0.2, -0.15) is 13.2 Å². The molecule has 0 saturated carbocycles. The minimum absolute atomic E-state index is 0.473. The normalized spacial score (nSPS) is 11.6. The standard InChI is InChI=1S/C12H8F3IN2S/c13-12(14,15)7-1-4-11(18-6-7)19-10-3-2-8(16)5-9(10)17/h1-6H,17H2. The molecule has 0 radical (unpaired) electrons. The molecule has 1 heterocycles. The van der Waals surface area contributed by atoms with Crippen LogP contribution in [0.15, 0.2) is 46.5 Å². The largest absolute Gasteiger partial charge is 0.417 e. The quantitative estimate of drug-likeness (QED) is 0.603. The summed E-state index contributed by atoms with van der Waals surface area (Å²) in [6, 6.07) is 7.85. The van der Waals surface area contributed by atoms with E-state index < -0.39 is 11.7 Å². The van der Waals surface area contributed by atoms with Crippen molar-refractivity contribution in [1.29, 1.82) is 0 Å². The number of pyridine rings is 1. The molecule has 0 fully saturated rings. The summed E-state index contributed by atoms with van der Waals surface area (Å²) in [5.41, 5.74) is 5.66. The molecule has 2 rings (SSSR count). The summed E-state index contributed by atoms with van der Waals surface area (Å²) < 4.78 is 38.2. The summed E-state index contributed by atoms with van der Waals surface area (Å²) in [5, 5.41) is 0.473. The van der Waals surface area contributed by atoms with Gasteiger partial charge < -0.3 is 5.73 Å². The second kappa shape index (κ2) is 5.58. The monoisotopic (exact) mass is 396 g/mol. The highest BCUT2D eigenvalue weighted by molar-refractivity contribution is 14.1. The molecule has 0 saturated heterocycles. The lowest BCUT2D eigenvalue weighted by molar-refractivity contribution is -0.137. The van der Waals surface area contributed by atoms with Crippen molar-refractivity contribution in [1.82, 2.24) is 4.98 Å². The Morgan fingerprint density at radius 3 is 2.42 bits per heavy atom. The second-order valence-corrected chi connectivity index (χ2v) is 5.97. The highest BCUT2D eigenvalue weighted by atomic mass is 127. The first kappa shape index (κ1) is 14.4. The fourth-order valence-electron chi connectivity index (χ4n) is 1.33. The third-order valence-electron chi connectivity index (χ3n) is 2.25. The van der Waals surface area contributed by atoms with Crippen molar-refractivity contribution in [3.05, 3.63) is 45.7 Å². The van der Waals surface area contributed by atoms with Gasteiger partial charge in [-0.15, -0.1) is 0 Å². The first-order chi connectivity index (χ1) is 8.86. The number of rotatable bonds is 2. The number of nitrogen functional groups attached to an aromatic ring is 1. The van der Waals surface area contributed by atoms with E-state index in [-0.39, 0.29) is 0 Å².